The monoisotopic (exact) mass is 279 g/mol. The van der Waals surface area contributed by atoms with Crippen LogP contribution in [0.25, 0.3) is 0 Å². The molecular weight excluding hydrogens is 269 g/mol. The summed E-state index contributed by atoms with van der Waals surface area (Å²) in [6.07, 6.45) is 0. The van der Waals surface area contributed by atoms with Gasteiger partial charge in [0.05, 0.1) is 0 Å². The van der Waals surface area contributed by atoms with Gasteiger partial charge in [-0.3, -0.25) is 0 Å². The molecule has 0 aromatic heterocycles. The number of carbonyl (C=O) groups is 3. The molecule has 0 heterocycles. The Morgan fingerprint density at radius 3 is 0.692 bits per heavy atom. The molecule has 0 saturated carbocycles. The van der Waals surface area contributed by atoms with E-state index in [9.17, 15) is 0 Å². The van der Waals surface area contributed by atoms with Crippen molar-refractivity contribution in [3.63, 3.8) is 0 Å². The first-order valence-electron chi connectivity index (χ1n) is 2.72. The molecule has 0 rings (SSSR count). The Balaban J connectivity index is -0.0000000450. The summed E-state index contributed by atoms with van der Waals surface area (Å²) in [6.45, 7) is 2.92. The number of rotatable bonds is 0. The zero-order valence-corrected chi connectivity index (χ0v) is 9.04. The molecule has 80 valence electrons. The van der Waals surface area contributed by atoms with Crippen LogP contribution >= 0.6 is 0 Å². The van der Waals surface area contributed by atoms with E-state index >= 15 is 0 Å². The number of carboxylic acids is 3. The normalized spacial score (nSPS) is 5.77. The molecule has 0 aliphatic rings. The Bertz CT molecular complexity index is 115. The second-order valence-electron chi connectivity index (χ2n) is 1.47. The number of hydrogen-bond donors (Lipinski definition) is 0. The quantitative estimate of drug-likeness (QED) is 0.420. The molecule has 0 aromatic carbocycles. The minimum absolute atomic E-state index is 0. The van der Waals surface area contributed by atoms with Gasteiger partial charge in [-0.25, -0.2) is 0 Å². The predicted octanol–water partition coefficient (Wildman–Crippen LogP) is -3.73. The van der Waals surface area contributed by atoms with Gasteiger partial charge in [-0.05, 0) is 20.8 Å². The van der Waals surface area contributed by atoms with Crippen LogP contribution in [0.2, 0.25) is 0 Å². The van der Waals surface area contributed by atoms with E-state index in [1.165, 1.54) is 0 Å². The molecule has 13 heavy (non-hydrogen) atoms. The van der Waals surface area contributed by atoms with Gasteiger partial charge in [0, 0.05) is 37.4 Å². The van der Waals surface area contributed by atoms with Gasteiger partial charge in [-0.2, -0.15) is 0 Å². The zero-order valence-electron chi connectivity index (χ0n) is 7.30. The minimum Gasteiger partial charge on any atom is -0.550 e. The van der Waals surface area contributed by atoms with Gasteiger partial charge in [-0.1, -0.05) is 0 Å². The van der Waals surface area contributed by atoms with E-state index in [1.54, 1.807) is 0 Å². The molecule has 0 saturated heterocycles. The Kier molecular flexibility index (Phi) is 30.1. The van der Waals surface area contributed by atoms with Crippen LogP contribution in [0.4, 0.5) is 0 Å². The Morgan fingerprint density at radius 1 is 0.692 bits per heavy atom. The van der Waals surface area contributed by atoms with Crippen molar-refractivity contribution in [3.05, 3.63) is 0 Å². The fourth-order valence-electron chi connectivity index (χ4n) is 0. The third-order valence-electron chi connectivity index (χ3n) is 0. The van der Waals surface area contributed by atoms with Crippen molar-refractivity contribution in [2.45, 2.75) is 20.8 Å². The van der Waals surface area contributed by atoms with Crippen LogP contribution in [0, 0.1) is 0 Å². The first kappa shape index (κ1) is 22.7. The molecule has 0 spiro atoms. The average molecular weight is 278 g/mol. The maximum absolute atomic E-state index is 8.89. The standard InChI is InChI=1S/3C2H4O2.Ru/c3*1-2(3)4;/h3*1H3,(H,3,4);/p-3. The first-order valence-corrected chi connectivity index (χ1v) is 2.72. The van der Waals surface area contributed by atoms with E-state index in [2.05, 4.69) is 0 Å². The summed E-state index contributed by atoms with van der Waals surface area (Å²) in [5.74, 6) is -3.25. The van der Waals surface area contributed by atoms with Gasteiger partial charge in [-0.15, -0.1) is 0 Å². The molecular formula is C6H9O6Ru-3. The van der Waals surface area contributed by atoms with Crippen molar-refractivity contribution in [2.24, 2.45) is 0 Å². The third-order valence-corrected chi connectivity index (χ3v) is 0. The fraction of sp³-hybridized carbons (Fsp3) is 0.500. The van der Waals surface area contributed by atoms with Crippen molar-refractivity contribution < 1.29 is 49.2 Å². The predicted molar refractivity (Wildman–Crippen MR) is 32.0 cm³/mol. The SMILES string of the molecule is CC(=O)[O-].CC(=O)[O-].CC(=O)[O-].[Ru]. The molecule has 0 aromatic rings. The summed E-state index contributed by atoms with van der Waals surface area (Å²) in [7, 11) is 0. The summed E-state index contributed by atoms with van der Waals surface area (Å²) in [4.78, 5) is 26.7. The van der Waals surface area contributed by atoms with Gasteiger partial charge >= 0.3 is 0 Å². The Morgan fingerprint density at radius 2 is 0.692 bits per heavy atom. The molecule has 0 fully saturated rings. The van der Waals surface area contributed by atoms with Crippen LogP contribution in [-0.4, -0.2) is 17.9 Å². The average Bonchev–Trinajstić information content (AvgIpc) is 1.54. The molecule has 0 aliphatic heterocycles. The van der Waals surface area contributed by atoms with Crippen LogP contribution in [0.15, 0.2) is 0 Å². The van der Waals surface area contributed by atoms with Crippen molar-refractivity contribution >= 4 is 17.9 Å². The topological polar surface area (TPSA) is 120 Å². The molecule has 0 radical (unpaired) electrons. The second-order valence-corrected chi connectivity index (χ2v) is 1.47. The van der Waals surface area contributed by atoms with Crippen LogP contribution in [-0.2, 0) is 33.9 Å². The van der Waals surface area contributed by atoms with Crippen LogP contribution in [0.1, 0.15) is 20.8 Å². The first-order chi connectivity index (χ1) is 5.20. The zero-order chi connectivity index (χ0) is 10.7. The van der Waals surface area contributed by atoms with E-state index in [0.717, 1.165) is 20.8 Å². The van der Waals surface area contributed by atoms with Gasteiger partial charge in [0.1, 0.15) is 0 Å². The van der Waals surface area contributed by atoms with Crippen molar-refractivity contribution in [3.8, 4) is 0 Å². The second kappa shape index (κ2) is 17.2. The van der Waals surface area contributed by atoms with Gasteiger partial charge in [0.2, 0.25) is 0 Å². The number of hydrogen-bond acceptors (Lipinski definition) is 6. The summed E-state index contributed by atoms with van der Waals surface area (Å²) < 4.78 is 0. The maximum Gasteiger partial charge on any atom is 0.0383 e. The third kappa shape index (κ3) is 964. The van der Waals surface area contributed by atoms with Crippen molar-refractivity contribution in [2.75, 3.05) is 0 Å². The molecule has 0 bridgehead atoms. The molecule has 6 nitrogen and oxygen atoms in total. The van der Waals surface area contributed by atoms with E-state index < -0.39 is 17.9 Å². The maximum atomic E-state index is 8.89. The van der Waals surface area contributed by atoms with Crippen LogP contribution < -0.4 is 15.3 Å². The van der Waals surface area contributed by atoms with E-state index in [1.807, 2.05) is 0 Å². The van der Waals surface area contributed by atoms with Crippen LogP contribution in [0.5, 0.6) is 0 Å². The minimum atomic E-state index is -1.08. The van der Waals surface area contributed by atoms with Gasteiger partial charge in [0.25, 0.3) is 0 Å². The summed E-state index contributed by atoms with van der Waals surface area (Å²) in [5, 5.41) is 26.7. The molecule has 7 heteroatoms. The van der Waals surface area contributed by atoms with Gasteiger partial charge < -0.3 is 29.7 Å². The summed E-state index contributed by atoms with van der Waals surface area (Å²) >= 11 is 0. The Hall–Kier alpha value is -0.967. The number of carboxylic acid groups (broad SMARTS) is 3. The largest absolute Gasteiger partial charge is 0.550 e. The van der Waals surface area contributed by atoms with E-state index in [0.29, 0.717) is 0 Å². The molecule has 0 atom stereocenters. The van der Waals surface area contributed by atoms with Crippen LogP contribution in [0.3, 0.4) is 0 Å². The summed E-state index contributed by atoms with van der Waals surface area (Å²) in [5.41, 5.74) is 0. The Labute approximate surface area is 88.3 Å². The smallest absolute Gasteiger partial charge is 0.0383 e. The molecule has 0 amide bonds. The molecule has 0 N–H and O–H groups in total. The van der Waals surface area contributed by atoms with Crippen molar-refractivity contribution in [1.29, 1.82) is 0 Å². The van der Waals surface area contributed by atoms with Crippen molar-refractivity contribution in [1.82, 2.24) is 0 Å². The number of carbonyl (C=O) groups excluding carboxylic acids is 3. The number of aliphatic carboxylic acids is 3. The van der Waals surface area contributed by atoms with E-state index in [4.69, 9.17) is 29.7 Å². The summed E-state index contributed by atoms with van der Waals surface area (Å²) in [6, 6.07) is 0. The van der Waals surface area contributed by atoms with Gasteiger partial charge in [0.15, 0.2) is 0 Å². The van der Waals surface area contributed by atoms with E-state index in [-0.39, 0.29) is 19.5 Å². The molecule has 0 unspecified atom stereocenters. The molecule has 0 aliphatic carbocycles. The fourth-order valence-corrected chi connectivity index (χ4v) is 0.